The van der Waals surface area contributed by atoms with E-state index < -0.39 is 28.7 Å². The topological polar surface area (TPSA) is 165 Å². The summed E-state index contributed by atoms with van der Waals surface area (Å²) in [5.74, 6) is -0.189. The van der Waals surface area contributed by atoms with Crippen LogP contribution in [0.25, 0.3) is 33.5 Å². The molecule has 0 spiro atoms. The molecule has 0 aliphatic rings. The molecule has 0 bridgehead atoms. The van der Waals surface area contributed by atoms with Gasteiger partial charge in [-0.25, -0.2) is 4.98 Å². The van der Waals surface area contributed by atoms with Crippen LogP contribution in [0.5, 0.6) is 11.5 Å². The summed E-state index contributed by atoms with van der Waals surface area (Å²) in [5, 5.41) is 17.0. The molecule has 0 aliphatic heterocycles. The van der Waals surface area contributed by atoms with E-state index in [1.54, 1.807) is 48.5 Å². The van der Waals surface area contributed by atoms with Crippen LogP contribution >= 0.6 is 15.9 Å². The van der Waals surface area contributed by atoms with Gasteiger partial charge in [0.1, 0.15) is 11.3 Å². The summed E-state index contributed by atoms with van der Waals surface area (Å²) in [6, 6.07) is 16.4. The number of ether oxygens (including phenoxy) is 2. The minimum Gasteiger partial charge on any atom is -0.496 e. The van der Waals surface area contributed by atoms with Crippen molar-refractivity contribution in [3.05, 3.63) is 91.2 Å². The van der Waals surface area contributed by atoms with Crippen molar-refractivity contribution in [1.29, 1.82) is 0 Å². The number of carbonyl (C=O) groups is 1. The first-order chi connectivity index (χ1) is 18.8. The number of nitro benzene ring substituents is 1. The molecule has 196 valence electrons. The van der Waals surface area contributed by atoms with Crippen LogP contribution in [0.2, 0.25) is 0 Å². The van der Waals surface area contributed by atoms with Gasteiger partial charge in [0, 0.05) is 16.1 Å². The number of amides is 1. The van der Waals surface area contributed by atoms with E-state index in [1.807, 2.05) is 0 Å². The molecular weight excluding hydrogens is 574 g/mol. The van der Waals surface area contributed by atoms with Crippen molar-refractivity contribution in [3.63, 3.8) is 0 Å². The molecule has 1 amide bonds. The van der Waals surface area contributed by atoms with Crippen LogP contribution in [0.4, 0.5) is 5.69 Å². The Labute approximate surface area is 227 Å². The SMILES string of the molecule is COc1cccc2oc(-c3nc4ccccc4c(=O)n3N=Cc3cc(Br)cc([N+](=O)[O-])c3OCC(N)=O)cc12. The Hall–Kier alpha value is -5.04. The fraction of sp³-hybridized carbons (Fsp3) is 0.0769. The fourth-order valence-electron chi connectivity index (χ4n) is 3.96. The molecule has 2 N–H and O–H groups in total. The Morgan fingerprint density at radius 2 is 2.00 bits per heavy atom. The second-order valence-electron chi connectivity index (χ2n) is 8.15. The number of hydrogen-bond donors (Lipinski definition) is 1. The number of nitrogens with two attached hydrogens (primary N) is 1. The van der Waals surface area contributed by atoms with Gasteiger partial charge in [-0.05, 0) is 36.4 Å². The average Bonchev–Trinajstić information content (AvgIpc) is 3.36. The maximum Gasteiger partial charge on any atom is 0.312 e. The number of carbonyl (C=O) groups excluding carboxylic acids is 1. The number of furan rings is 1. The number of benzene rings is 3. The number of primary amides is 1. The maximum absolute atomic E-state index is 13.6. The highest BCUT2D eigenvalue weighted by Gasteiger charge is 2.22. The van der Waals surface area contributed by atoms with Crippen molar-refractivity contribution in [2.24, 2.45) is 10.8 Å². The largest absolute Gasteiger partial charge is 0.496 e. The van der Waals surface area contributed by atoms with Crippen LogP contribution in [0.3, 0.4) is 0 Å². The minimum atomic E-state index is -0.826. The number of methoxy groups -OCH3 is 1. The Morgan fingerprint density at radius 1 is 1.21 bits per heavy atom. The zero-order valence-corrected chi connectivity index (χ0v) is 21.7. The molecule has 12 nitrogen and oxygen atoms in total. The number of hydrogen-bond acceptors (Lipinski definition) is 9. The Balaban J connectivity index is 1.73. The average molecular weight is 592 g/mol. The van der Waals surface area contributed by atoms with Crippen molar-refractivity contribution < 1.29 is 23.6 Å². The third-order valence-electron chi connectivity index (χ3n) is 5.65. The normalized spacial score (nSPS) is 11.3. The van der Waals surface area contributed by atoms with E-state index in [1.165, 1.54) is 25.5 Å². The Kier molecular flexibility index (Phi) is 6.81. The summed E-state index contributed by atoms with van der Waals surface area (Å²) in [6.07, 6.45) is 1.19. The predicted octanol–water partition coefficient (Wildman–Crippen LogP) is 4.24. The van der Waals surface area contributed by atoms with Crippen molar-refractivity contribution in [3.8, 4) is 23.1 Å². The highest BCUT2D eigenvalue weighted by Crippen LogP contribution is 2.35. The van der Waals surface area contributed by atoms with E-state index in [4.69, 9.17) is 19.6 Å². The van der Waals surface area contributed by atoms with Crippen LogP contribution in [0.1, 0.15) is 5.56 Å². The molecule has 2 heterocycles. The second kappa shape index (κ2) is 10.4. The van der Waals surface area contributed by atoms with Crippen LogP contribution < -0.4 is 20.8 Å². The molecule has 5 aromatic rings. The zero-order valence-electron chi connectivity index (χ0n) is 20.2. The number of rotatable bonds is 8. The van der Waals surface area contributed by atoms with Gasteiger partial charge in [-0.3, -0.25) is 19.7 Å². The van der Waals surface area contributed by atoms with Crippen molar-refractivity contribution >= 4 is 55.6 Å². The van der Waals surface area contributed by atoms with E-state index in [-0.39, 0.29) is 28.3 Å². The molecule has 39 heavy (non-hydrogen) atoms. The molecule has 13 heteroatoms. The molecule has 5 rings (SSSR count). The molecule has 0 atom stereocenters. The first kappa shape index (κ1) is 25.6. The zero-order chi connectivity index (χ0) is 27.7. The molecule has 0 saturated carbocycles. The predicted molar refractivity (Wildman–Crippen MR) is 146 cm³/mol. The molecular formula is C26H18BrN5O7. The summed E-state index contributed by atoms with van der Waals surface area (Å²) in [4.78, 5) is 40.5. The van der Waals surface area contributed by atoms with Gasteiger partial charge in [0.25, 0.3) is 11.5 Å². The standard InChI is InChI=1S/C26H18BrN5O7/c1-37-20-7-4-8-21-17(20)11-22(39-21)25-30-18-6-3-2-5-16(18)26(34)31(25)29-12-14-9-15(27)10-19(32(35)36)24(14)38-13-23(28)33/h2-12H,13H2,1H3,(H2,28,33). The number of nitro groups is 1. The lowest BCUT2D eigenvalue weighted by Crippen LogP contribution is -2.21. The molecule has 0 unspecified atom stereocenters. The van der Waals surface area contributed by atoms with Crippen LogP contribution in [-0.4, -0.2) is 40.4 Å². The van der Waals surface area contributed by atoms with Gasteiger partial charge in [-0.2, -0.15) is 9.78 Å². The van der Waals surface area contributed by atoms with Crippen LogP contribution in [0, 0.1) is 10.1 Å². The summed E-state index contributed by atoms with van der Waals surface area (Å²) in [5.41, 5.74) is 5.26. The van der Waals surface area contributed by atoms with Crippen LogP contribution in [0.15, 0.2) is 79.4 Å². The van der Waals surface area contributed by atoms with E-state index in [2.05, 4.69) is 26.0 Å². The summed E-state index contributed by atoms with van der Waals surface area (Å²) in [7, 11) is 1.53. The van der Waals surface area contributed by atoms with Gasteiger partial charge in [0.05, 0.1) is 34.5 Å². The lowest BCUT2D eigenvalue weighted by atomic mass is 10.2. The van der Waals surface area contributed by atoms with Crippen LogP contribution in [-0.2, 0) is 4.79 Å². The number of para-hydroxylation sites is 1. The number of halogens is 1. The Morgan fingerprint density at radius 3 is 2.74 bits per heavy atom. The highest BCUT2D eigenvalue weighted by atomic mass is 79.9. The highest BCUT2D eigenvalue weighted by molar-refractivity contribution is 9.10. The van der Waals surface area contributed by atoms with Gasteiger partial charge in [0.2, 0.25) is 11.6 Å². The second-order valence-corrected chi connectivity index (χ2v) is 9.07. The summed E-state index contributed by atoms with van der Waals surface area (Å²) in [6.45, 7) is -0.604. The molecule has 0 saturated heterocycles. The number of fused-ring (bicyclic) bond motifs is 2. The Bertz CT molecular complexity index is 1860. The number of nitrogens with zero attached hydrogens (tertiary/aromatic N) is 4. The lowest BCUT2D eigenvalue weighted by molar-refractivity contribution is -0.385. The summed E-state index contributed by atoms with van der Waals surface area (Å²) >= 11 is 3.23. The van der Waals surface area contributed by atoms with Gasteiger partial charge in [0.15, 0.2) is 12.4 Å². The first-order valence-corrected chi connectivity index (χ1v) is 12.1. The van der Waals surface area contributed by atoms with Gasteiger partial charge in [-0.15, -0.1) is 0 Å². The van der Waals surface area contributed by atoms with E-state index >= 15 is 0 Å². The quantitative estimate of drug-likeness (QED) is 0.159. The molecule has 0 fully saturated rings. The third-order valence-corrected chi connectivity index (χ3v) is 6.10. The molecule has 3 aromatic carbocycles. The van der Waals surface area contributed by atoms with Crippen molar-refractivity contribution in [2.75, 3.05) is 13.7 Å². The van der Waals surface area contributed by atoms with E-state index in [9.17, 15) is 19.7 Å². The third kappa shape index (κ3) is 4.94. The van der Waals surface area contributed by atoms with E-state index in [0.29, 0.717) is 26.7 Å². The van der Waals surface area contributed by atoms with Gasteiger partial charge >= 0.3 is 5.69 Å². The van der Waals surface area contributed by atoms with Gasteiger partial charge < -0.3 is 19.6 Å². The van der Waals surface area contributed by atoms with Crippen molar-refractivity contribution in [1.82, 2.24) is 9.66 Å². The van der Waals surface area contributed by atoms with E-state index in [0.717, 1.165) is 4.68 Å². The fourth-order valence-corrected chi connectivity index (χ4v) is 4.43. The monoisotopic (exact) mass is 591 g/mol. The van der Waals surface area contributed by atoms with Gasteiger partial charge in [-0.1, -0.05) is 34.1 Å². The first-order valence-electron chi connectivity index (χ1n) is 11.3. The molecule has 2 aromatic heterocycles. The molecule has 0 aliphatic carbocycles. The summed E-state index contributed by atoms with van der Waals surface area (Å²) < 4.78 is 18.1. The minimum absolute atomic E-state index is 0.0808. The molecule has 0 radical (unpaired) electrons. The smallest absolute Gasteiger partial charge is 0.312 e. The maximum atomic E-state index is 13.6. The number of aromatic nitrogens is 2. The van der Waals surface area contributed by atoms with Crippen molar-refractivity contribution in [2.45, 2.75) is 0 Å². The lowest BCUT2D eigenvalue weighted by Gasteiger charge is -2.10.